The van der Waals surface area contributed by atoms with Gasteiger partial charge >= 0.3 is 6.03 Å². The highest BCUT2D eigenvalue weighted by Gasteiger charge is 2.27. The van der Waals surface area contributed by atoms with E-state index in [1.807, 2.05) is 28.0 Å². The van der Waals surface area contributed by atoms with Gasteiger partial charge < -0.3 is 14.4 Å². The molecular weight excluding hydrogens is 450 g/mol. The van der Waals surface area contributed by atoms with Gasteiger partial charge in [0.05, 0.1) is 13.7 Å². The van der Waals surface area contributed by atoms with E-state index >= 15 is 0 Å². The molecule has 0 atom stereocenters. The number of nitrogens with zero attached hydrogens (tertiary/aromatic N) is 3. The fourth-order valence-electron chi connectivity index (χ4n) is 4.72. The summed E-state index contributed by atoms with van der Waals surface area (Å²) < 4.78 is 11.6. The Morgan fingerprint density at radius 3 is 2.36 bits per heavy atom. The van der Waals surface area contributed by atoms with E-state index in [9.17, 15) is 4.79 Å². The van der Waals surface area contributed by atoms with Gasteiger partial charge in [-0.15, -0.1) is 0 Å². The van der Waals surface area contributed by atoms with Crippen molar-refractivity contribution in [1.82, 2.24) is 9.80 Å². The first-order valence-corrected chi connectivity index (χ1v) is 13.8. The predicted molar refractivity (Wildman–Crippen MR) is 148 cm³/mol. The second kappa shape index (κ2) is 14.7. The van der Waals surface area contributed by atoms with E-state index in [2.05, 4.69) is 49.9 Å². The quantitative estimate of drug-likeness (QED) is 0.257. The monoisotopic (exact) mass is 495 g/mol. The molecule has 1 saturated heterocycles. The molecule has 3 rings (SSSR count). The number of rotatable bonds is 15. The van der Waals surface area contributed by atoms with Crippen LogP contribution in [0.5, 0.6) is 11.5 Å². The van der Waals surface area contributed by atoms with Crippen LogP contribution in [0.4, 0.5) is 10.5 Å². The second-order valence-corrected chi connectivity index (χ2v) is 9.64. The van der Waals surface area contributed by atoms with Crippen molar-refractivity contribution in [2.75, 3.05) is 44.8 Å². The summed E-state index contributed by atoms with van der Waals surface area (Å²) in [4.78, 5) is 19.7. The van der Waals surface area contributed by atoms with E-state index in [-0.39, 0.29) is 6.03 Å². The van der Waals surface area contributed by atoms with Crippen LogP contribution in [-0.4, -0.2) is 55.7 Å². The summed E-state index contributed by atoms with van der Waals surface area (Å²) in [6.07, 6.45) is 6.70. The molecule has 0 spiro atoms. The van der Waals surface area contributed by atoms with Gasteiger partial charge in [-0.3, -0.25) is 9.80 Å². The number of carbonyl (C=O) groups is 1. The smallest absolute Gasteiger partial charge is 0.324 e. The summed E-state index contributed by atoms with van der Waals surface area (Å²) in [6, 6.07) is 14.6. The van der Waals surface area contributed by atoms with Crippen molar-refractivity contribution in [3.8, 4) is 11.5 Å². The molecule has 2 aromatic carbocycles. The van der Waals surface area contributed by atoms with Crippen molar-refractivity contribution in [2.45, 2.75) is 72.4 Å². The lowest BCUT2D eigenvalue weighted by Crippen LogP contribution is -2.49. The van der Waals surface area contributed by atoms with Crippen LogP contribution in [-0.2, 0) is 13.1 Å². The first kappa shape index (κ1) is 27.9. The Labute approximate surface area is 218 Å². The standard InChI is InChI=1S/C30H45N3O3/c1-5-8-9-10-21-36-29-22-27(16-17-28(29)35-4)33-20-11-19-32(30(33)34)24-26-14-12-25(13-15-26)23-31(7-3)18-6-2/h12-17,22H,5-11,18-21,23-24H2,1-4H3. The van der Waals surface area contributed by atoms with Gasteiger partial charge in [-0.25, -0.2) is 4.79 Å². The molecule has 6 heteroatoms. The number of amides is 2. The predicted octanol–water partition coefficient (Wildman–Crippen LogP) is 6.72. The molecule has 198 valence electrons. The Hall–Kier alpha value is -2.73. The van der Waals surface area contributed by atoms with Gasteiger partial charge in [0.25, 0.3) is 0 Å². The molecule has 0 N–H and O–H groups in total. The molecule has 1 aliphatic rings. The van der Waals surface area contributed by atoms with Crippen molar-refractivity contribution in [2.24, 2.45) is 0 Å². The molecule has 0 aromatic heterocycles. The molecule has 0 saturated carbocycles. The van der Waals surface area contributed by atoms with Gasteiger partial charge in [0.1, 0.15) is 0 Å². The lowest BCUT2D eigenvalue weighted by molar-refractivity contribution is 0.192. The van der Waals surface area contributed by atoms with Crippen LogP contribution in [0.3, 0.4) is 0 Å². The molecule has 0 unspecified atom stereocenters. The van der Waals surface area contributed by atoms with Crippen molar-refractivity contribution in [1.29, 1.82) is 0 Å². The van der Waals surface area contributed by atoms with Gasteiger partial charge in [-0.1, -0.05) is 64.3 Å². The van der Waals surface area contributed by atoms with Gasteiger partial charge in [0.15, 0.2) is 11.5 Å². The Kier molecular flexibility index (Phi) is 11.4. The number of benzene rings is 2. The molecule has 0 aliphatic carbocycles. The molecule has 2 amide bonds. The van der Waals surface area contributed by atoms with Gasteiger partial charge in [0, 0.05) is 37.9 Å². The largest absolute Gasteiger partial charge is 0.493 e. The van der Waals surface area contributed by atoms with Gasteiger partial charge in [-0.2, -0.15) is 0 Å². The molecule has 1 aliphatic heterocycles. The van der Waals surface area contributed by atoms with Gasteiger partial charge in [0.2, 0.25) is 0 Å². The Morgan fingerprint density at radius 1 is 0.889 bits per heavy atom. The van der Waals surface area contributed by atoms with Crippen molar-refractivity contribution < 1.29 is 14.3 Å². The Bertz CT molecular complexity index is 932. The van der Waals surface area contributed by atoms with E-state index < -0.39 is 0 Å². The third kappa shape index (κ3) is 7.89. The van der Waals surface area contributed by atoms with Crippen molar-refractivity contribution in [3.05, 3.63) is 53.6 Å². The fraction of sp³-hybridized carbons (Fsp3) is 0.567. The summed E-state index contributed by atoms with van der Waals surface area (Å²) in [6.45, 7) is 12.6. The zero-order chi connectivity index (χ0) is 25.8. The molecule has 6 nitrogen and oxygen atoms in total. The number of anilines is 1. The topological polar surface area (TPSA) is 45.2 Å². The molecule has 36 heavy (non-hydrogen) atoms. The highest BCUT2D eigenvalue weighted by atomic mass is 16.5. The van der Waals surface area contributed by atoms with Crippen LogP contribution in [0.2, 0.25) is 0 Å². The summed E-state index contributed by atoms with van der Waals surface area (Å²) in [5, 5.41) is 0. The average molecular weight is 496 g/mol. The number of unbranched alkanes of at least 4 members (excludes halogenated alkanes) is 3. The number of urea groups is 1. The van der Waals surface area contributed by atoms with Crippen LogP contribution in [0.1, 0.15) is 70.4 Å². The average Bonchev–Trinajstić information content (AvgIpc) is 2.90. The zero-order valence-corrected chi connectivity index (χ0v) is 22.8. The maximum absolute atomic E-state index is 13.4. The lowest BCUT2D eigenvalue weighted by atomic mass is 10.1. The Balaban J connectivity index is 1.63. The highest BCUT2D eigenvalue weighted by molar-refractivity contribution is 5.93. The summed E-state index contributed by atoms with van der Waals surface area (Å²) >= 11 is 0. The molecule has 0 radical (unpaired) electrons. The SMILES string of the molecule is CCCCCCOc1cc(N2CCCN(Cc3ccc(CN(CC)CCC)cc3)C2=O)ccc1OC. The third-order valence-electron chi connectivity index (χ3n) is 6.82. The van der Waals surface area contributed by atoms with Gasteiger partial charge in [-0.05, 0) is 55.6 Å². The van der Waals surface area contributed by atoms with E-state index in [4.69, 9.17) is 9.47 Å². The lowest BCUT2D eigenvalue weighted by Gasteiger charge is -2.36. The van der Waals surface area contributed by atoms with Crippen LogP contribution in [0.15, 0.2) is 42.5 Å². The van der Waals surface area contributed by atoms with Crippen LogP contribution < -0.4 is 14.4 Å². The first-order chi connectivity index (χ1) is 17.6. The number of methoxy groups -OCH3 is 1. The molecule has 0 bridgehead atoms. The van der Waals surface area contributed by atoms with Crippen LogP contribution in [0, 0.1) is 0 Å². The minimum absolute atomic E-state index is 0.0458. The van der Waals surface area contributed by atoms with E-state index in [0.717, 1.165) is 51.1 Å². The third-order valence-corrected chi connectivity index (χ3v) is 6.82. The van der Waals surface area contributed by atoms with Crippen LogP contribution in [0.25, 0.3) is 0 Å². The van der Waals surface area contributed by atoms with E-state index in [0.29, 0.717) is 31.2 Å². The summed E-state index contributed by atoms with van der Waals surface area (Å²) in [7, 11) is 1.65. The normalized spacial score (nSPS) is 14.0. The maximum atomic E-state index is 13.4. The fourth-order valence-corrected chi connectivity index (χ4v) is 4.72. The van der Waals surface area contributed by atoms with Crippen molar-refractivity contribution >= 4 is 11.7 Å². The number of carbonyl (C=O) groups excluding carboxylic acids is 1. The minimum atomic E-state index is 0.0458. The Morgan fingerprint density at radius 2 is 1.67 bits per heavy atom. The van der Waals surface area contributed by atoms with E-state index in [1.54, 1.807) is 7.11 Å². The second-order valence-electron chi connectivity index (χ2n) is 9.64. The first-order valence-electron chi connectivity index (χ1n) is 13.8. The zero-order valence-electron chi connectivity index (χ0n) is 22.8. The number of ether oxygens (including phenoxy) is 2. The minimum Gasteiger partial charge on any atom is -0.493 e. The van der Waals surface area contributed by atoms with Crippen molar-refractivity contribution in [3.63, 3.8) is 0 Å². The number of hydrogen-bond donors (Lipinski definition) is 0. The molecule has 1 fully saturated rings. The van der Waals surface area contributed by atoms with Crippen LogP contribution >= 0.6 is 0 Å². The maximum Gasteiger partial charge on any atom is 0.324 e. The van der Waals surface area contributed by atoms with E-state index in [1.165, 1.54) is 30.4 Å². The number of hydrogen-bond acceptors (Lipinski definition) is 4. The highest BCUT2D eigenvalue weighted by Crippen LogP contribution is 2.33. The summed E-state index contributed by atoms with van der Waals surface area (Å²) in [5.41, 5.74) is 3.35. The molecule has 2 aromatic rings. The summed E-state index contributed by atoms with van der Waals surface area (Å²) in [5.74, 6) is 1.41. The molecule has 1 heterocycles. The molecular formula is C30H45N3O3.